The minimum Gasteiger partial charge on any atom is -0.469 e. The van der Waals surface area contributed by atoms with Gasteiger partial charge >= 0.3 is 5.97 Å². The van der Waals surface area contributed by atoms with Gasteiger partial charge in [-0.25, -0.2) is 0 Å². The molecule has 0 aliphatic carbocycles. The average molecular weight is 1050 g/mol. The van der Waals surface area contributed by atoms with Gasteiger partial charge in [-0.05, 0) is 46.2 Å². The largest absolute Gasteiger partial charge is 0.469 e. The van der Waals surface area contributed by atoms with Crippen LogP contribution < -0.4 is 0 Å². The van der Waals surface area contributed by atoms with E-state index in [9.17, 15) is 9.90 Å². The molecule has 410 valence electrons. The third-order valence-corrected chi connectivity index (χ3v) is 13.7. The van der Waals surface area contributed by atoms with Crippen molar-refractivity contribution in [1.82, 2.24) is 0 Å². The molecule has 2 aliphatic rings. The molecule has 0 saturated carbocycles. The Morgan fingerprint density at radius 1 is 0.403 bits per heavy atom. The lowest BCUT2D eigenvalue weighted by atomic mass is 9.96. The minimum atomic E-state index is -1.38. The van der Waals surface area contributed by atoms with Crippen LogP contribution in [0, 0.1) is 0 Å². The Balaban J connectivity index is 1.11. The zero-order valence-electron chi connectivity index (χ0n) is 44.3. The third-order valence-electron chi connectivity index (χ3n) is 13.7. The average Bonchev–Trinajstić information content (AvgIpc) is 3.52. The molecule has 77 heavy (non-hydrogen) atoms. The van der Waals surface area contributed by atoms with E-state index >= 15 is 0 Å². The highest BCUT2D eigenvalue weighted by atomic mass is 16.8. The predicted molar refractivity (Wildman–Crippen MR) is 291 cm³/mol. The summed E-state index contributed by atoms with van der Waals surface area (Å²) in [5.74, 6) is -0.185. The van der Waals surface area contributed by atoms with Crippen LogP contribution in [0.5, 0.6) is 0 Å². The quantitative estimate of drug-likeness (QED) is 0.0317. The van der Waals surface area contributed by atoms with Gasteiger partial charge in [0.2, 0.25) is 0 Å². The summed E-state index contributed by atoms with van der Waals surface area (Å²) in [4.78, 5) is 11.7. The summed E-state index contributed by atoms with van der Waals surface area (Å²) >= 11 is 0. The van der Waals surface area contributed by atoms with Gasteiger partial charge in [0, 0.05) is 13.0 Å². The normalized spacial score (nSPS) is 23.4. The number of methoxy groups -OCH3 is 1. The molecular formula is C64H76O13. The minimum absolute atomic E-state index is 0.0908. The highest BCUT2D eigenvalue weighted by Crippen LogP contribution is 2.36. The summed E-state index contributed by atoms with van der Waals surface area (Å²) in [6.07, 6.45) is -3.83. The van der Waals surface area contributed by atoms with Crippen molar-refractivity contribution in [3.8, 4) is 0 Å². The van der Waals surface area contributed by atoms with Gasteiger partial charge in [-0.2, -0.15) is 0 Å². The lowest BCUT2D eigenvalue weighted by Gasteiger charge is -2.49. The zero-order valence-corrected chi connectivity index (χ0v) is 44.3. The maximum absolute atomic E-state index is 12.8. The Hall–Kier alpha value is -5.65. The number of carbonyl (C=O) groups excluding carboxylic acids is 1. The zero-order chi connectivity index (χ0) is 53.1. The van der Waals surface area contributed by atoms with E-state index in [4.69, 9.17) is 52.1 Å². The standard InChI is InChI=1S/C64H76O13/c1-67-56(65)38-24-4-2-3-5-25-39-70-64-62(61(74-45-53-36-22-11-23-37-53)59(72-43-51-32-18-9-19-33-51)55(76-64)47-69-41-49-28-14-7-15-29-49)77-63-57(66)60(73-44-52-34-20-10-21-35-52)58(71-42-50-30-16-8-17-31-50)54(75-63)46-68-40-48-26-12-6-13-27-48/h6-23,26-37,54-55,57-64,66H,2-5,24-25,38-47H2,1H3/t54-,55-,57+,58-,59-,60-,61+,62+,63-,64+/m1/s1. The molecule has 0 spiro atoms. The maximum Gasteiger partial charge on any atom is 0.305 e. The van der Waals surface area contributed by atoms with Gasteiger partial charge in [0.05, 0.1) is 60.0 Å². The first-order valence-electron chi connectivity index (χ1n) is 27.2. The first-order chi connectivity index (χ1) is 38.0. The number of esters is 1. The number of carbonyl (C=O) groups is 1. The summed E-state index contributed by atoms with van der Waals surface area (Å²) in [5.41, 5.74) is 5.79. The van der Waals surface area contributed by atoms with E-state index in [-0.39, 0.29) is 45.6 Å². The van der Waals surface area contributed by atoms with Crippen molar-refractivity contribution in [2.75, 3.05) is 26.9 Å². The van der Waals surface area contributed by atoms with Crippen molar-refractivity contribution in [2.45, 2.75) is 146 Å². The molecule has 1 N–H and O–H groups in total. The lowest BCUT2D eigenvalue weighted by molar-refractivity contribution is -0.379. The molecule has 13 heteroatoms. The number of hydrogen-bond acceptors (Lipinski definition) is 13. The fraction of sp³-hybridized carbons (Fsp3) is 0.422. The van der Waals surface area contributed by atoms with Crippen LogP contribution in [0.25, 0.3) is 0 Å². The van der Waals surface area contributed by atoms with Crippen LogP contribution in [0.2, 0.25) is 0 Å². The molecule has 0 amide bonds. The second kappa shape index (κ2) is 32.3. The summed E-state index contributed by atoms with van der Waals surface area (Å²) in [7, 11) is 1.42. The van der Waals surface area contributed by atoms with E-state index < -0.39 is 61.4 Å². The van der Waals surface area contributed by atoms with Crippen LogP contribution in [0.15, 0.2) is 182 Å². The Labute approximate surface area is 454 Å². The summed E-state index contributed by atoms with van der Waals surface area (Å²) in [6, 6.07) is 59.6. The van der Waals surface area contributed by atoms with Crippen molar-refractivity contribution in [1.29, 1.82) is 0 Å². The Bertz CT molecular complexity index is 2490. The van der Waals surface area contributed by atoms with Gasteiger partial charge in [0.25, 0.3) is 0 Å². The highest BCUT2D eigenvalue weighted by molar-refractivity contribution is 5.68. The van der Waals surface area contributed by atoms with Crippen molar-refractivity contribution >= 4 is 5.97 Å². The van der Waals surface area contributed by atoms with E-state index in [1.807, 2.05) is 182 Å². The lowest BCUT2D eigenvalue weighted by Crippen LogP contribution is -2.66. The number of aliphatic hydroxyl groups is 1. The molecule has 8 rings (SSSR count). The first kappa shape index (κ1) is 57.5. The summed E-state index contributed by atoms with van der Waals surface area (Å²) < 4.78 is 73.2. The SMILES string of the molecule is COC(=O)CCCCCCCCO[C@H]1O[C@H](COCc2ccccc2)[C@@H](OCc2ccccc2)[C@H](OCc2ccccc2)[C@@H]1O[C@H]1O[C@H](COCc2ccccc2)[C@@H](OCc2ccccc2)[C@H](OCc2ccccc2)[C@@H]1O. The van der Waals surface area contributed by atoms with Crippen LogP contribution in [0.4, 0.5) is 0 Å². The van der Waals surface area contributed by atoms with Crippen molar-refractivity contribution < 1.29 is 62.0 Å². The van der Waals surface area contributed by atoms with E-state index in [0.717, 1.165) is 71.9 Å². The Morgan fingerprint density at radius 3 is 1.18 bits per heavy atom. The van der Waals surface area contributed by atoms with Crippen molar-refractivity contribution in [3.05, 3.63) is 215 Å². The van der Waals surface area contributed by atoms with Gasteiger partial charge in [-0.1, -0.05) is 208 Å². The fourth-order valence-electron chi connectivity index (χ4n) is 9.55. The molecule has 2 saturated heterocycles. The van der Waals surface area contributed by atoms with Crippen LogP contribution in [-0.4, -0.2) is 99.4 Å². The van der Waals surface area contributed by atoms with Gasteiger partial charge in [-0.15, -0.1) is 0 Å². The predicted octanol–water partition coefficient (Wildman–Crippen LogP) is 10.9. The number of hydrogen-bond donors (Lipinski definition) is 1. The molecule has 6 aromatic carbocycles. The van der Waals surface area contributed by atoms with Crippen molar-refractivity contribution in [3.63, 3.8) is 0 Å². The summed E-state index contributed by atoms with van der Waals surface area (Å²) in [5, 5.41) is 12.8. The molecule has 0 bridgehead atoms. The smallest absolute Gasteiger partial charge is 0.305 e. The van der Waals surface area contributed by atoms with Crippen LogP contribution >= 0.6 is 0 Å². The molecule has 13 nitrogen and oxygen atoms in total. The fourth-order valence-corrected chi connectivity index (χ4v) is 9.55. The van der Waals surface area contributed by atoms with Crippen LogP contribution in [-0.2, 0) is 96.5 Å². The Kier molecular flexibility index (Phi) is 24.1. The van der Waals surface area contributed by atoms with Gasteiger partial charge in [0.15, 0.2) is 12.6 Å². The van der Waals surface area contributed by atoms with Gasteiger partial charge in [0.1, 0.15) is 48.8 Å². The number of aliphatic hydroxyl groups excluding tert-OH is 1. The number of ether oxygens (including phenoxy) is 11. The molecule has 0 radical (unpaired) electrons. The second-order valence-electron chi connectivity index (χ2n) is 19.5. The van der Waals surface area contributed by atoms with Crippen molar-refractivity contribution in [2.24, 2.45) is 0 Å². The van der Waals surface area contributed by atoms with E-state index in [1.54, 1.807) is 0 Å². The second-order valence-corrected chi connectivity index (χ2v) is 19.5. The molecule has 2 fully saturated rings. The van der Waals surface area contributed by atoms with Crippen LogP contribution in [0.1, 0.15) is 78.3 Å². The van der Waals surface area contributed by atoms with E-state index in [0.29, 0.717) is 26.2 Å². The number of unbranched alkanes of at least 4 members (excludes halogenated alkanes) is 5. The molecule has 6 aromatic rings. The third kappa shape index (κ3) is 18.8. The Morgan fingerprint density at radius 2 is 0.753 bits per heavy atom. The molecular weight excluding hydrogens is 977 g/mol. The molecule has 2 aliphatic heterocycles. The monoisotopic (exact) mass is 1050 g/mol. The summed E-state index contributed by atoms with van der Waals surface area (Å²) in [6.45, 7) is 2.12. The molecule has 0 unspecified atom stereocenters. The maximum atomic E-state index is 12.8. The van der Waals surface area contributed by atoms with E-state index in [1.165, 1.54) is 7.11 Å². The molecule has 2 heterocycles. The number of rotatable bonds is 32. The molecule has 10 atom stereocenters. The topological polar surface area (TPSA) is 139 Å². The highest BCUT2D eigenvalue weighted by Gasteiger charge is 2.54. The first-order valence-corrected chi connectivity index (χ1v) is 27.2. The van der Waals surface area contributed by atoms with Gasteiger partial charge in [-0.3, -0.25) is 4.79 Å². The van der Waals surface area contributed by atoms with Gasteiger partial charge < -0.3 is 57.2 Å². The van der Waals surface area contributed by atoms with E-state index in [2.05, 4.69) is 0 Å². The molecule has 0 aromatic heterocycles. The van der Waals surface area contributed by atoms with Crippen LogP contribution in [0.3, 0.4) is 0 Å². The number of benzene rings is 6.